The van der Waals surface area contributed by atoms with Crippen molar-refractivity contribution in [3.05, 3.63) is 76.5 Å². The van der Waals surface area contributed by atoms with Crippen LogP contribution in [-0.4, -0.2) is 67.3 Å². The van der Waals surface area contributed by atoms with Gasteiger partial charge in [-0.3, -0.25) is 14.3 Å². The Labute approximate surface area is 258 Å². The maximum Gasteiger partial charge on any atom is 0.354 e. The Bertz CT molecular complexity index is 1920. The maximum atomic E-state index is 17.3. The highest BCUT2D eigenvalue weighted by atomic mass is 19.1. The fourth-order valence-electron chi connectivity index (χ4n) is 6.60. The Morgan fingerprint density at radius 3 is 2.51 bits per heavy atom. The lowest BCUT2D eigenvalue weighted by molar-refractivity contribution is -0.128. The van der Waals surface area contributed by atoms with Crippen molar-refractivity contribution in [3.63, 3.8) is 0 Å². The molecule has 0 bridgehead atoms. The number of nitrogens with one attached hydrogen (secondary N) is 1. The van der Waals surface area contributed by atoms with E-state index in [4.69, 9.17) is 0 Å². The number of nitrogens with zero attached hydrogens (tertiary/aromatic N) is 5. The monoisotopic (exact) mass is 616 g/mol. The fraction of sp³-hybridized carbons (Fsp3) is 0.333. The summed E-state index contributed by atoms with van der Waals surface area (Å²) in [7, 11) is 0. The SMILES string of the molecule is C=CC(=O)N1CC2CCNc3c(F)c(-c4c(O)cccc4O)c(F)c4c3c(nc(=O)n4-c3c(C)ccnc3C(C)C)N2CC1C. The zero-order chi connectivity index (χ0) is 32.3. The summed E-state index contributed by atoms with van der Waals surface area (Å²) in [5.41, 5.74) is -0.900. The maximum absolute atomic E-state index is 17.3. The molecular weight excluding hydrogens is 582 g/mol. The van der Waals surface area contributed by atoms with Gasteiger partial charge in [0, 0.05) is 37.9 Å². The van der Waals surface area contributed by atoms with Crippen LogP contribution in [0.4, 0.5) is 20.3 Å². The van der Waals surface area contributed by atoms with Gasteiger partial charge in [0.05, 0.1) is 33.6 Å². The third kappa shape index (κ3) is 4.66. The normalized spacial score (nSPS) is 17.9. The van der Waals surface area contributed by atoms with E-state index in [0.29, 0.717) is 29.9 Å². The molecule has 2 aromatic heterocycles. The van der Waals surface area contributed by atoms with Crippen LogP contribution in [0.2, 0.25) is 0 Å². The number of piperazine rings is 1. The molecule has 2 aromatic carbocycles. The zero-order valence-corrected chi connectivity index (χ0v) is 25.4. The summed E-state index contributed by atoms with van der Waals surface area (Å²) in [6, 6.07) is 4.85. The van der Waals surface area contributed by atoms with Gasteiger partial charge in [0.1, 0.15) is 22.8 Å². The summed E-state index contributed by atoms with van der Waals surface area (Å²) in [5, 5.41) is 24.6. The van der Waals surface area contributed by atoms with Crippen molar-refractivity contribution < 1.29 is 23.8 Å². The number of hydrogen-bond acceptors (Lipinski definition) is 8. The number of halogens is 2. The summed E-state index contributed by atoms with van der Waals surface area (Å²) in [5.74, 6) is -3.61. The fourth-order valence-corrected chi connectivity index (χ4v) is 6.60. The van der Waals surface area contributed by atoms with E-state index in [1.165, 1.54) is 24.3 Å². The van der Waals surface area contributed by atoms with Crippen LogP contribution in [0.1, 0.15) is 44.4 Å². The largest absolute Gasteiger partial charge is 0.507 e. The average molecular weight is 617 g/mol. The van der Waals surface area contributed by atoms with Crippen molar-refractivity contribution in [1.29, 1.82) is 0 Å². The van der Waals surface area contributed by atoms with Gasteiger partial charge in [-0.1, -0.05) is 26.5 Å². The molecule has 1 amide bonds. The number of aryl methyl sites for hydroxylation is 1. The van der Waals surface area contributed by atoms with Crippen LogP contribution < -0.4 is 15.9 Å². The predicted octanol–water partition coefficient (Wildman–Crippen LogP) is 4.98. The van der Waals surface area contributed by atoms with Crippen molar-refractivity contribution in [2.45, 2.75) is 52.1 Å². The van der Waals surface area contributed by atoms with Gasteiger partial charge in [-0.05, 0) is 56.0 Å². The van der Waals surface area contributed by atoms with Gasteiger partial charge in [0.25, 0.3) is 0 Å². The van der Waals surface area contributed by atoms with Gasteiger partial charge in [0.15, 0.2) is 11.6 Å². The smallest absolute Gasteiger partial charge is 0.354 e. The minimum absolute atomic E-state index is 0.0293. The van der Waals surface area contributed by atoms with Crippen molar-refractivity contribution in [1.82, 2.24) is 19.4 Å². The van der Waals surface area contributed by atoms with Crippen LogP contribution in [0.3, 0.4) is 0 Å². The molecule has 10 nitrogen and oxygen atoms in total. The average Bonchev–Trinajstić information content (AvgIpc) is 2.99. The lowest BCUT2D eigenvalue weighted by Crippen LogP contribution is -2.60. The Morgan fingerprint density at radius 2 is 1.84 bits per heavy atom. The molecule has 0 saturated carbocycles. The number of fused-ring (bicyclic) bond motifs is 2. The number of rotatable bonds is 4. The number of hydrogen-bond donors (Lipinski definition) is 3. The second kappa shape index (κ2) is 11.2. The van der Waals surface area contributed by atoms with Crippen LogP contribution in [0.15, 0.2) is 47.9 Å². The number of aromatic hydroxyl groups is 2. The van der Waals surface area contributed by atoms with Gasteiger partial charge < -0.3 is 25.3 Å². The molecular formula is C33H34F2N6O4. The lowest BCUT2D eigenvalue weighted by atomic mass is 9.95. The van der Waals surface area contributed by atoms with Crippen molar-refractivity contribution >= 4 is 28.3 Å². The standard InChI is InChI=1S/C33H34F2N6O4/c1-6-22(44)39-15-19-11-13-37-29-25-31(27(35)24(26(29)34)23-20(42)8-7-9-21(23)43)41(30-17(4)10-12-36-28(30)16(2)3)33(45)38-32(25)40(19)14-18(39)5/h6-10,12,16,18-19,37,42-43H,1,11,13-15H2,2-5H3. The molecule has 4 heterocycles. The summed E-state index contributed by atoms with van der Waals surface area (Å²) < 4.78 is 35.1. The predicted molar refractivity (Wildman–Crippen MR) is 168 cm³/mol. The second-order valence-corrected chi connectivity index (χ2v) is 11.9. The van der Waals surface area contributed by atoms with E-state index in [0.717, 1.165) is 4.57 Å². The zero-order valence-electron chi connectivity index (χ0n) is 25.4. The number of aromatic nitrogens is 3. The number of benzene rings is 2. The van der Waals surface area contributed by atoms with Gasteiger partial charge in [-0.2, -0.15) is 4.98 Å². The van der Waals surface area contributed by atoms with Gasteiger partial charge in [0.2, 0.25) is 5.91 Å². The molecule has 12 heteroatoms. The molecule has 0 spiro atoms. The Morgan fingerprint density at radius 1 is 1.13 bits per heavy atom. The first-order valence-electron chi connectivity index (χ1n) is 14.8. The van der Waals surface area contributed by atoms with Crippen molar-refractivity contribution in [3.8, 4) is 28.3 Å². The quantitative estimate of drug-likeness (QED) is 0.275. The van der Waals surface area contributed by atoms with Crippen LogP contribution in [0.25, 0.3) is 27.7 Å². The molecule has 1 fully saturated rings. The highest BCUT2D eigenvalue weighted by Crippen LogP contribution is 2.48. The summed E-state index contributed by atoms with van der Waals surface area (Å²) >= 11 is 0. The van der Waals surface area contributed by atoms with Crippen molar-refractivity contribution in [2.24, 2.45) is 0 Å². The first-order valence-corrected chi connectivity index (χ1v) is 14.8. The van der Waals surface area contributed by atoms with Gasteiger partial charge >= 0.3 is 5.69 Å². The first kappa shape index (κ1) is 30.0. The molecule has 2 aliphatic heterocycles. The molecule has 6 rings (SSSR count). The minimum Gasteiger partial charge on any atom is -0.507 e. The number of amides is 1. The molecule has 2 atom stereocenters. The number of pyridine rings is 1. The molecule has 0 aliphatic carbocycles. The highest BCUT2D eigenvalue weighted by molar-refractivity contribution is 6.05. The summed E-state index contributed by atoms with van der Waals surface area (Å²) in [4.78, 5) is 39.4. The molecule has 2 unspecified atom stereocenters. The number of carbonyl (C=O) groups is 1. The van der Waals surface area contributed by atoms with E-state index < -0.39 is 40.0 Å². The van der Waals surface area contributed by atoms with E-state index in [1.54, 1.807) is 24.1 Å². The number of anilines is 2. The van der Waals surface area contributed by atoms with Crippen LogP contribution >= 0.6 is 0 Å². The van der Waals surface area contributed by atoms with Crippen LogP contribution in [0, 0.1) is 18.6 Å². The molecule has 45 heavy (non-hydrogen) atoms. The lowest BCUT2D eigenvalue weighted by Gasteiger charge is -2.46. The Hall–Kier alpha value is -5.00. The second-order valence-electron chi connectivity index (χ2n) is 11.9. The highest BCUT2D eigenvalue weighted by Gasteiger charge is 2.39. The summed E-state index contributed by atoms with van der Waals surface area (Å²) in [6.45, 7) is 11.8. The number of carbonyl (C=O) groups excluding carboxylic acids is 1. The molecule has 234 valence electrons. The van der Waals surface area contributed by atoms with Gasteiger partial charge in [-0.25, -0.2) is 13.6 Å². The molecule has 0 radical (unpaired) electrons. The van der Waals surface area contributed by atoms with Crippen molar-refractivity contribution in [2.75, 3.05) is 29.9 Å². The molecule has 4 aromatic rings. The first-order chi connectivity index (χ1) is 21.5. The van der Waals surface area contributed by atoms with E-state index in [-0.39, 0.29) is 59.4 Å². The number of phenolic OH excluding ortho intramolecular Hbond substituents is 2. The van der Waals surface area contributed by atoms with Gasteiger partial charge in [-0.15, -0.1) is 0 Å². The molecule has 2 aliphatic rings. The van der Waals surface area contributed by atoms with Crippen LogP contribution in [0.5, 0.6) is 11.5 Å². The third-order valence-corrected chi connectivity index (χ3v) is 8.74. The van der Waals surface area contributed by atoms with E-state index >= 15 is 8.78 Å². The van der Waals surface area contributed by atoms with Crippen LogP contribution in [-0.2, 0) is 4.79 Å². The number of phenols is 2. The van der Waals surface area contributed by atoms with E-state index in [1.807, 2.05) is 25.7 Å². The topological polar surface area (TPSA) is 124 Å². The summed E-state index contributed by atoms with van der Waals surface area (Å²) in [6.07, 6.45) is 3.29. The Kier molecular flexibility index (Phi) is 7.46. The Balaban J connectivity index is 1.77. The van der Waals surface area contributed by atoms with E-state index in [9.17, 15) is 19.8 Å². The third-order valence-electron chi connectivity index (χ3n) is 8.74. The minimum atomic E-state index is -1.16. The molecule has 1 saturated heterocycles. The molecule has 3 N–H and O–H groups in total. The van der Waals surface area contributed by atoms with E-state index in [2.05, 4.69) is 21.9 Å².